The van der Waals surface area contributed by atoms with Crippen molar-refractivity contribution >= 4 is 17.6 Å². The zero-order chi connectivity index (χ0) is 13.8. The Kier molecular flexibility index (Phi) is 5.17. The molecule has 0 aliphatic heterocycles. The van der Waals surface area contributed by atoms with Gasteiger partial charge >= 0.3 is 5.97 Å². The van der Waals surface area contributed by atoms with Crippen LogP contribution in [-0.2, 0) is 15.1 Å². The number of ether oxygens (including phenoxy) is 1. The van der Waals surface area contributed by atoms with Crippen LogP contribution in [0, 0.1) is 0 Å². The lowest BCUT2D eigenvalue weighted by atomic mass is 9.91. The third-order valence-corrected chi connectivity index (χ3v) is 2.93. The molecule has 1 N–H and O–H groups in total. The molecule has 0 saturated heterocycles. The number of carbonyl (C=O) groups excluding carboxylic acids is 1. The number of halogens is 1. The van der Waals surface area contributed by atoms with Crippen LogP contribution in [0.15, 0.2) is 24.3 Å². The van der Waals surface area contributed by atoms with Gasteiger partial charge in [0.15, 0.2) is 0 Å². The molecular weight excluding hydrogens is 250 g/mol. The van der Waals surface area contributed by atoms with Gasteiger partial charge in [0.2, 0.25) is 0 Å². The van der Waals surface area contributed by atoms with E-state index in [9.17, 15) is 4.79 Å². The van der Waals surface area contributed by atoms with Gasteiger partial charge in [-0.05, 0) is 45.4 Å². The van der Waals surface area contributed by atoms with Gasteiger partial charge in [-0.2, -0.15) is 0 Å². The number of carbonyl (C=O) groups is 1. The van der Waals surface area contributed by atoms with Crippen molar-refractivity contribution in [3.63, 3.8) is 0 Å². The molecule has 1 aromatic rings. The van der Waals surface area contributed by atoms with Crippen LogP contribution in [0.4, 0.5) is 0 Å². The summed E-state index contributed by atoms with van der Waals surface area (Å²) in [6.45, 7) is 7.98. The van der Waals surface area contributed by atoms with Crippen LogP contribution in [0.5, 0.6) is 0 Å². The van der Waals surface area contributed by atoms with E-state index < -0.39 is 5.54 Å². The standard InChI is InChI=1S/C14H20ClNO2/c1-5-18-13(17)14(4,16-10(2)3)11-6-8-12(15)9-7-11/h6-10,16H,5H2,1-4H3. The first-order valence-electron chi connectivity index (χ1n) is 6.11. The molecule has 1 unspecified atom stereocenters. The average molecular weight is 270 g/mol. The molecule has 1 rings (SSSR count). The largest absolute Gasteiger partial charge is 0.464 e. The van der Waals surface area contributed by atoms with Crippen LogP contribution in [0.2, 0.25) is 5.02 Å². The van der Waals surface area contributed by atoms with Crippen molar-refractivity contribution in [1.29, 1.82) is 0 Å². The molecule has 18 heavy (non-hydrogen) atoms. The minimum Gasteiger partial charge on any atom is -0.464 e. The minimum atomic E-state index is -0.852. The molecule has 1 atom stereocenters. The van der Waals surface area contributed by atoms with E-state index in [-0.39, 0.29) is 12.0 Å². The van der Waals surface area contributed by atoms with E-state index in [1.165, 1.54) is 0 Å². The molecule has 0 radical (unpaired) electrons. The fourth-order valence-corrected chi connectivity index (χ4v) is 2.02. The summed E-state index contributed by atoms with van der Waals surface area (Å²) in [6.07, 6.45) is 0. The second-order valence-corrected chi connectivity index (χ2v) is 5.09. The predicted octanol–water partition coefficient (Wildman–Crippen LogP) is 3.12. The molecule has 1 aromatic carbocycles. The Bertz CT molecular complexity index is 403. The minimum absolute atomic E-state index is 0.162. The number of benzene rings is 1. The normalized spacial score (nSPS) is 14.3. The summed E-state index contributed by atoms with van der Waals surface area (Å²) in [7, 11) is 0. The third kappa shape index (κ3) is 3.47. The molecule has 100 valence electrons. The molecule has 0 amide bonds. The van der Waals surface area contributed by atoms with E-state index in [0.717, 1.165) is 5.56 Å². The highest BCUT2D eigenvalue weighted by Crippen LogP contribution is 2.25. The van der Waals surface area contributed by atoms with Crippen LogP contribution < -0.4 is 5.32 Å². The highest BCUT2D eigenvalue weighted by molar-refractivity contribution is 6.30. The summed E-state index contributed by atoms with van der Waals surface area (Å²) < 4.78 is 5.16. The quantitative estimate of drug-likeness (QED) is 0.835. The van der Waals surface area contributed by atoms with E-state index in [1.807, 2.05) is 32.9 Å². The lowest BCUT2D eigenvalue weighted by Crippen LogP contribution is -2.50. The second-order valence-electron chi connectivity index (χ2n) is 4.65. The molecule has 0 bridgehead atoms. The molecule has 4 heteroatoms. The SMILES string of the molecule is CCOC(=O)C(C)(NC(C)C)c1ccc(Cl)cc1. The van der Waals surface area contributed by atoms with E-state index in [4.69, 9.17) is 16.3 Å². The Morgan fingerprint density at radius 3 is 2.39 bits per heavy atom. The van der Waals surface area contributed by atoms with Crippen LogP contribution in [0.1, 0.15) is 33.3 Å². The molecule has 0 aliphatic carbocycles. The molecule has 0 saturated carbocycles. The van der Waals surface area contributed by atoms with E-state index >= 15 is 0 Å². The highest BCUT2D eigenvalue weighted by Gasteiger charge is 2.36. The summed E-state index contributed by atoms with van der Waals surface area (Å²) in [5.41, 5.74) is -0.00607. The molecule has 0 aromatic heterocycles. The maximum Gasteiger partial charge on any atom is 0.330 e. The Morgan fingerprint density at radius 2 is 1.94 bits per heavy atom. The zero-order valence-electron chi connectivity index (χ0n) is 11.3. The van der Waals surface area contributed by atoms with Crippen LogP contribution in [0.3, 0.4) is 0 Å². The van der Waals surface area contributed by atoms with Crippen molar-refractivity contribution in [2.45, 2.75) is 39.3 Å². The van der Waals surface area contributed by atoms with Crippen molar-refractivity contribution in [2.75, 3.05) is 6.61 Å². The van der Waals surface area contributed by atoms with Crippen LogP contribution >= 0.6 is 11.6 Å². The van der Waals surface area contributed by atoms with Crippen molar-refractivity contribution in [1.82, 2.24) is 5.32 Å². The van der Waals surface area contributed by atoms with Gasteiger partial charge in [-0.3, -0.25) is 5.32 Å². The van der Waals surface area contributed by atoms with Crippen molar-refractivity contribution in [3.8, 4) is 0 Å². The number of rotatable bonds is 5. The van der Waals surface area contributed by atoms with Gasteiger partial charge in [0, 0.05) is 11.1 Å². The smallest absolute Gasteiger partial charge is 0.330 e. The van der Waals surface area contributed by atoms with Crippen LogP contribution in [-0.4, -0.2) is 18.6 Å². The van der Waals surface area contributed by atoms with Gasteiger partial charge in [-0.1, -0.05) is 23.7 Å². The van der Waals surface area contributed by atoms with Gasteiger partial charge in [-0.25, -0.2) is 4.79 Å². The van der Waals surface area contributed by atoms with Gasteiger partial charge in [0.1, 0.15) is 5.54 Å². The summed E-state index contributed by atoms with van der Waals surface area (Å²) in [5.74, 6) is -0.277. The van der Waals surface area contributed by atoms with Crippen molar-refractivity contribution in [2.24, 2.45) is 0 Å². The molecule has 3 nitrogen and oxygen atoms in total. The maximum atomic E-state index is 12.2. The van der Waals surface area contributed by atoms with Gasteiger partial charge in [0.25, 0.3) is 0 Å². The van der Waals surface area contributed by atoms with E-state index in [2.05, 4.69) is 5.32 Å². The Hall–Kier alpha value is -1.06. The monoisotopic (exact) mass is 269 g/mol. The molecule has 0 heterocycles. The number of nitrogens with one attached hydrogen (secondary N) is 1. The Morgan fingerprint density at radius 1 is 1.39 bits per heavy atom. The fourth-order valence-electron chi connectivity index (χ4n) is 1.90. The van der Waals surface area contributed by atoms with Gasteiger partial charge < -0.3 is 4.74 Å². The first kappa shape index (κ1) is 15.0. The number of hydrogen-bond acceptors (Lipinski definition) is 3. The first-order chi connectivity index (χ1) is 8.40. The summed E-state index contributed by atoms with van der Waals surface area (Å²) in [5, 5.41) is 3.91. The highest BCUT2D eigenvalue weighted by atomic mass is 35.5. The Labute approximate surface area is 113 Å². The fraction of sp³-hybridized carbons (Fsp3) is 0.500. The number of esters is 1. The average Bonchev–Trinajstić information content (AvgIpc) is 2.29. The Balaban J connectivity index is 3.10. The third-order valence-electron chi connectivity index (χ3n) is 2.68. The zero-order valence-corrected chi connectivity index (χ0v) is 12.0. The molecule has 0 spiro atoms. The summed E-state index contributed by atoms with van der Waals surface area (Å²) in [4.78, 5) is 12.2. The summed E-state index contributed by atoms with van der Waals surface area (Å²) in [6, 6.07) is 7.39. The van der Waals surface area contributed by atoms with E-state index in [0.29, 0.717) is 11.6 Å². The van der Waals surface area contributed by atoms with Crippen LogP contribution in [0.25, 0.3) is 0 Å². The maximum absolute atomic E-state index is 12.2. The van der Waals surface area contributed by atoms with E-state index in [1.54, 1.807) is 19.1 Å². The lowest BCUT2D eigenvalue weighted by molar-refractivity contribution is -0.151. The van der Waals surface area contributed by atoms with Crippen molar-refractivity contribution in [3.05, 3.63) is 34.9 Å². The van der Waals surface area contributed by atoms with Gasteiger partial charge in [0.05, 0.1) is 6.61 Å². The molecule has 0 aliphatic rings. The van der Waals surface area contributed by atoms with Crippen molar-refractivity contribution < 1.29 is 9.53 Å². The predicted molar refractivity (Wildman–Crippen MR) is 73.7 cm³/mol. The van der Waals surface area contributed by atoms with Gasteiger partial charge in [-0.15, -0.1) is 0 Å². The second kappa shape index (κ2) is 6.21. The number of hydrogen-bond donors (Lipinski definition) is 1. The first-order valence-corrected chi connectivity index (χ1v) is 6.49. The topological polar surface area (TPSA) is 38.3 Å². The lowest BCUT2D eigenvalue weighted by Gasteiger charge is -2.31. The summed E-state index contributed by atoms with van der Waals surface area (Å²) >= 11 is 5.87. The molecule has 0 fully saturated rings. The molecular formula is C14H20ClNO2.